The van der Waals surface area contributed by atoms with E-state index in [0.717, 1.165) is 32.1 Å². The van der Waals surface area contributed by atoms with Crippen molar-refractivity contribution in [2.24, 2.45) is 34.5 Å². The lowest BCUT2D eigenvalue weighted by Gasteiger charge is -2.61. The summed E-state index contributed by atoms with van der Waals surface area (Å²) < 4.78 is 0. The number of ketones is 2. The molecule has 4 heteroatoms. The average Bonchev–Trinajstić information content (AvgIpc) is 2.83. The molecule has 4 aliphatic carbocycles. The smallest absolute Gasteiger partial charge is 0.161 e. The molecule has 0 spiro atoms. The Morgan fingerprint density at radius 1 is 1.08 bits per heavy atom. The number of rotatable bonds is 1. The first-order chi connectivity index (χ1) is 11.6. The molecule has 4 fully saturated rings. The van der Waals surface area contributed by atoms with E-state index in [1.165, 1.54) is 6.92 Å². The Morgan fingerprint density at radius 2 is 1.76 bits per heavy atom. The maximum atomic E-state index is 12.2. The first-order valence-corrected chi connectivity index (χ1v) is 10.1. The fraction of sp³-hybridized carbons (Fsp3) is 0.905. The average molecular weight is 348 g/mol. The van der Waals surface area contributed by atoms with E-state index in [4.69, 9.17) is 0 Å². The van der Waals surface area contributed by atoms with Crippen LogP contribution in [-0.2, 0) is 9.59 Å². The van der Waals surface area contributed by atoms with E-state index in [9.17, 15) is 19.8 Å². The molecule has 0 amide bonds. The second kappa shape index (κ2) is 5.39. The van der Waals surface area contributed by atoms with Gasteiger partial charge in [0.15, 0.2) is 5.78 Å². The number of hydrogen-bond donors (Lipinski definition) is 2. The van der Waals surface area contributed by atoms with Crippen LogP contribution in [0.5, 0.6) is 0 Å². The van der Waals surface area contributed by atoms with Crippen LogP contribution in [0.1, 0.15) is 72.1 Å². The lowest BCUT2D eigenvalue weighted by Crippen LogP contribution is -2.60. The number of carbonyl (C=O) groups is 2. The molecule has 2 N–H and O–H groups in total. The minimum Gasteiger partial charge on any atom is -0.393 e. The Labute approximate surface area is 150 Å². The maximum Gasteiger partial charge on any atom is 0.161 e. The molecule has 0 saturated heterocycles. The minimum atomic E-state index is -1.20. The summed E-state index contributed by atoms with van der Waals surface area (Å²) >= 11 is 0. The molecule has 0 aromatic rings. The summed E-state index contributed by atoms with van der Waals surface area (Å²) in [6.45, 7) is 5.92. The van der Waals surface area contributed by atoms with Crippen LogP contribution in [0.2, 0.25) is 0 Å². The van der Waals surface area contributed by atoms with Crippen molar-refractivity contribution >= 4 is 11.6 Å². The van der Waals surface area contributed by atoms with Crippen LogP contribution in [0.25, 0.3) is 0 Å². The van der Waals surface area contributed by atoms with E-state index in [2.05, 4.69) is 13.8 Å². The molecule has 8 atom stereocenters. The van der Waals surface area contributed by atoms with E-state index in [1.807, 2.05) is 0 Å². The largest absolute Gasteiger partial charge is 0.393 e. The fourth-order valence-electron chi connectivity index (χ4n) is 7.68. The number of aliphatic hydroxyl groups is 2. The zero-order valence-electron chi connectivity index (χ0n) is 15.8. The van der Waals surface area contributed by atoms with E-state index in [0.29, 0.717) is 42.8 Å². The lowest BCUT2D eigenvalue weighted by molar-refractivity contribution is -0.184. The second-order valence-corrected chi connectivity index (χ2v) is 9.95. The van der Waals surface area contributed by atoms with Gasteiger partial charge in [-0.2, -0.15) is 0 Å². The first kappa shape index (κ1) is 17.7. The highest BCUT2D eigenvalue weighted by atomic mass is 16.3. The predicted molar refractivity (Wildman–Crippen MR) is 93.8 cm³/mol. The Morgan fingerprint density at radius 3 is 2.44 bits per heavy atom. The van der Waals surface area contributed by atoms with Gasteiger partial charge in [-0.3, -0.25) is 9.59 Å². The fourth-order valence-corrected chi connectivity index (χ4v) is 7.68. The molecule has 0 radical (unpaired) electrons. The highest BCUT2D eigenvalue weighted by Crippen LogP contribution is 2.68. The molecule has 0 aromatic heterocycles. The third-order valence-corrected chi connectivity index (χ3v) is 9.23. The van der Waals surface area contributed by atoms with Crippen LogP contribution in [0.4, 0.5) is 0 Å². The van der Waals surface area contributed by atoms with Crippen LogP contribution in [0, 0.1) is 34.5 Å². The highest BCUT2D eigenvalue weighted by molar-refractivity contribution is 5.86. The highest BCUT2D eigenvalue weighted by Gasteiger charge is 2.67. The van der Waals surface area contributed by atoms with Crippen LogP contribution in [0.3, 0.4) is 0 Å². The van der Waals surface area contributed by atoms with E-state index < -0.39 is 11.7 Å². The summed E-state index contributed by atoms with van der Waals surface area (Å²) in [5.74, 6) is 1.45. The van der Waals surface area contributed by atoms with Gasteiger partial charge in [0.25, 0.3) is 0 Å². The van der Waals surface area contributed by atoms with Gasteiger partial charge in [-0.1, -0.05) is 13.8 Å². The Kier molecular flexibility index (Phi) is 3.81. The van der Waals surface area contributed by atoms with Gasteiger partial charge in [0, 0.05) is 18.3 Å². The second-order valence-electron chi connectivity index (χ2n) is 9.95. The third-order valence-electron chi connectivity index (χ3n) is 9.23. The number of aliphatic hydroxyl groups excluding tert-OH is 1. The summed E-state index contributed by atoms with van der Waals surface area (Å²) in [6, 6.07) is 0. The Bertz CT molecular complexity index is 615. The monoisotopic (exact) mass is 348 g/mol. The first-order valence-electron chi connectivity index (χ1n) is 10.1. The normalized spacial score (nSPS) is 55.2. The molecule has 4 aliphatic rings. The third kappa shape index (κ3) is 2.13. The number of hydrogen-bond acceptors (Lipinski definition) is 4. The standard InChI is InChI=1S/C21H32O4/c1-12(22)21(25)9-6-16-14-11-18(24)17-10-13(23)4-7-19(17,2)15(14)5-8-20(16,21)3/h14-18,24-25H,4-11H2,1-3H3/t14-,15+,16+,17?,18?,19-,20+,21+/m1/s1. The van der Waals surface area contributed by atoms with Crippen LogP contribution in [0.15, 0.2) is 0 Å². The predicted octanol–water partition coefficient (Wildman–Crippen LogP) is 2.89. The maximum absolute atomic E-state index is 12.2. The molecule has 0 aromatic carbocycles. The zero-order valence-corrected chi connectivity index (χ0v) is 15.8. The Balaban J connectivity index is 1.69. The van der Waals surface area contributed by atoms with Crippen molar-refractivity contribution in [3.8, 4) is 0 Å². The lowest BCUT2D eigenvalue weighted by atomic mass is 9.43. The summed E-state index contributed by atoms with van der Waals surface area (Å²) in [7, 11) is 0. The van der Waals surface area contributed by atoms with Gasteiger partial charge in [0.2, 0.25) is 0 Å². The van der Waals surface area contributed by atoms with Gasteiger partial charge < -0.3 is 10.2 Å². The van der Waals surface area contributed by atoms with Gasteiger partial charge in [-0.25, -0.2) is 0 Å². The van der Waals surface area contributed by atoms with Gasteiger partial charge in [0.1, 0.15) is 11.4 Å². The molecule has 4 rings (SSSR count). The van der Waals surface area contributed by atoms with Crippen LogP contribution >= 0.6 is 0 Å². The van der Waals surface area contributed by atoms with Crippen LogP contribution < -0.4 is 0 Å². The molecule has 0 aliphatic heterocycles. The molecule has 0 heterocycles. The Hall–Kier alpha value is -0.740. The minimum absolute atomic E-state index is 0.0223. The molecule has 140 valence electrons. The summed E-state index contributed by atoms with van der Waals surface area (Å²) in [6.07, 6.45) is 5.66. The number of fused-ring (bicyclic) bond motifs is 5. The van der Waals surface area contributed by atoms with Crippen LogP contribution in [-0.4, -0.2) is 33.5 Å². The van der Waals surface area contributed by atoms with Gasteiger partial charge in [-0.05, 0) is 74.5 Å². The van der Waals surface area contributed by atoms with Crippen molar-refractivity contribution in [1.29, 1.82) is 0 Å². The van der Waals surface area contributed by atoms with E-state index in [-0.39, 0.29) is 22.5 Å². The van der Waals surface area contributed by atoms with Crippen molar-refractivity contribution in [2.75, 3.05) is 0 Å². The van der Waals surface area contributed by atoms with Gasteiger partial charge in [0.05, 0.1) is 6.10 Å². The van der Waals surface area contributed by atoms with Crippen molar-refractivity contribution in [2.45, 2.75) is 83.8 Å². The molecule has 0 bridgehead atoms. The molecule has 4 nitrogen and oxygen atoms in total. The summed E-state index contributed by atoms with van der Waals surface area (Å²) in [4.78, 5) is 24.2. The molecular weight excluding hydrogens is 316 g/mol. The van der Waals surface area contributed by atoms with Crippen molar-refractivity contribution in [1.82, 2.24) is 0 Å². The number of carbonyl (C=O) groups excluding carboxylic acids is 2. The SMILES string of the molecule is CC(=O)[C@@]1(O)CC[C@H]2[C@@H]3CC(O)C4CC(=O)CC[C@]4(C)[C@H]3CC[C@@]21C. The summed E-state index contributed by atoms with van der Waals surface area (Å²) in [5.41, 5.74) is -1.55. The molecule has 2 unspecified atom stereocenters. The molecule has 25 heavy (non-hydrogen) atoms. The topological polar surface area (TPSA) is 74.6 Å². The molecule has 4 saturated carbocycles. The zero-order chi connectivity index (χ0) is 18.2. The van der Waals surface area contributed by atoms with Crippen molar-refractivity contribution < 1.29 is 19.8 Å². The number of Topliss-reactive ketones (excluding diaryl/α,β-unsaturated/α-hetero) is 2. The van der Waals surface area contributed by atoms with Gasteiger partial charge in [-0.15, -0.1) is 0 Å². The van der Waals surface area contributed by atoms with E-state index in [1.54, 1.807) is 0 Å². The van der Waals surface area contributed by atoms with Gasteiger partial charge >= 0.3 is 0 Å². The quantitative estimate of drug-likeness (QED) is 0.764. The summed E-state index contributed by atoms with van der Waals surface area (Å²) in [5, 5.41) is 22.0. The van der Waals surface area contributed by atoms with E-state index >= 15 is 0 Å². The van der Waals surface area contributed by atoms with Crippen molar-refractivity contribution in [3.05, 3.63) is 0 Å². The molecular formula is C21H32O4. The van der Waals surface area contributed by atoms with Crippen molar-refractivity contribution in [3.63, 3.8) is 0 Å².